The van der Waals surface area contributed by atoms with Crippen LogP contribution in [0.5, 0.6) is 5.75 Å². The van der Waals surface area contributed by atoms with E-state index in [-0.39, 0.29) is 10.8 Å². The van der Waals surface area contributed by atoms with Gasteiger partial charge in [0.15, 0.2) is 6.29 Å². The summed E-state index contributed by atoms with van der Waals surface area (Å²) in [4.78, 5) is 11.4. The van der Waals surface area contributed by atoms with Gasteiger partial charge in [-0.25, -0.2) is 0 Å². The van der Waals surface area contributed by atoms with Crippen molar-refractivity contribution >= 4 is 6.29 Å². The molecule has 1 rings (SSSR count). The van der Waals surface area contributed by atoms with E-state index in [1.807, 2.05) is 13.0 Å². The standard InChI is InChI=1S/C17H26O2/c1-8-19-15-12(11-18)9-13(16(2,3)4)10-14(15)17(5,6)7/h9-11H,8H2,1-7H3. The molecule has 1 aromatic carbocycles. The van der Waals surface area contributed by atoms with E-state index < -0.39 is 0 Å². The van der Waals surface area contributed by atoms with Gasteiger partial charge in [0.2, 0.25) is 0 Å². The SMILES string of the molecule is CCOc1c(C=O)cc(C(C)(C)C)cc1C(C)(C)C. The Hall–Kier alpha value is -1.31. The molecule has 2 nitrogen and oxygen atoms in total. The van der Waals surface area contributed by atoms with Gasteiger partial charge in [0.1, 0.15) is 5.75 Å². The molecule has 0 unspecified atom stereocenters. The molecule has 0 spiro atoms. The first-order chi connectivity index (χ1) is 8.61. The number of carbonyl (C=O) groups is 1. The van der Waals surface area contributed by atoms with Crippen molar-refractivity contribution in [1.82, 2.24) is 0 Å². The van der Waals surface area contributed by atoms with Crippen LogP contribution in [0.1, 0.15) is 70.0 Å². The van der Waals surface area contributed by atoms with Crippen molar-refractivity contribution in [3.63, 3.8) is 0 Å². The van der Waals surface area contributed by atoms with E-state index in [1.54, 1.807) is 0 Å². The van der Waals surface area contributed by atoms with Gasteiger partial charge < -0.3 is 4.74 Å². The lowest BCUT2D eigenvalue weighted by Crippen LogP contribution is -2.19. The van der Waals surface area contributed by atoms with Crippen molar-refractivity contribution in [2.45, 2.75) is 59.3 Å². The Morgan fingerprint density at radius 1 is 1.05 bits per heavy atom. The fourth-order valence-corrected chi connectivity index (χ4v) is 2.03. The summed E-state index contributed by atoms with van der Waals surface area (Å²) in [6, 6.07) is 4.13. The molecular weight excluding hydrogens is 236 g/mol. The van der Waals surface area contributed by atoms with Crippen molar-refractivity contribution in [3.8, 4) is 5.75 Å². The number of carbonyl (C=O) groups excluding carboxylic acids is 1. The monoisotopic (exact) mass is 262 g/mol. The molecule has 0 saturated carbocycles. The molecule has 0 amide bonds. The van der Waals surface area contributed by atoms with Crippen LogP contribution >= 0.6 is 0 Å². The number of hydrogen-bond acceptors (Lipinski definition) is 2. The number of benzene rings is 1. The van der Waals surface area contributed by atoms with Gasteiger partial charge in [-0.05, 0) is 29.4 Å². The molecule has 106 valence electrons. The maximum Gasteiger partial charge on any atom is 0.153 e. The van der Waals surface area contributed by atoms with Gasteiger partial charge in [-0.15, -0.1) is 0 Å². The summed E-state index contributed by atoms with van der Waals surface area (Å²) in [5, 5.41) is 0. The molecule has 2 heteroatoms. The van der Waals surface area contributed by atoms with Gasteiger partial charge in [0.05, 0.1) is 12.2 Å². The van der Waals surface area contributed by atoms with Crippen LogP contribution in [0.2, 0.25) is 0 Å². The zero-order valence-corrected chi connectivity index (χ0v) is 13.3. The van der Waals surface area contributed by atoms with Crippen LogP contribution in [0.25, 0.3) is 0 Å². The van der Waals surface area contributed by atoms with Gasteiger partial charge >= 0.3 is 0 Å². The highest BCUT2D eigenvalue weighted by Crippen LogP contribution is 2.37. The number of ether oxygens (including phenoxy) is 1. The van der Waals surface area contributed by atoms with Crippen LogP contribution in [0.15, 0.2) is 12.1 Å². The van der Waals surface area contributed by atoms with Gasteiger partial charge in [0.25, 0.3) is 0 Å². The smallest absolute Gasteiger partial charge is 0.153 e. The van der Waals surface area contributed by atoms with Gasteiger partial charge in [-0.1, -0.05) is 47.6 Å². The molecule has 0 aliphatic heterocycles. The second-order valence-electron chi connectivity index (χ2n) is 6.99. The van der Waals surface area contributed by atoms with E-state index in [4.69, 9.17) is 4.74 Å². The summed E-state index contributed by atoms with van der Waals surface area (Å²) in [7, 11) is 0. The molecule has 0 N–H and O–H groups in total. The molecule has 0 fully saturated rings. The predicted octanol–water partition coefficient (Wildman–Crippen LogP) is 4.49. The van der Waals surface area contributed by atoms with Crippen molar-refractivity contribution in [3.05, 3.63) is 28.8 Å². The fraction of sp³-hybridized carbons (Fsp3) is 0.588. The maximum absolute atomic E-state index is 11.4. The average molecular weight is 262 g/mol. The predicted molar refractivity (Wildman–Crippen MR) is 80.4 cm³/mol. The van der Waals surface area contributed by atoms with E-state index in [1.165, 1.54) is 5.56 Å². The Bertz CT molecular complexity index is 459. The first kappa shape index (κ1) is 15.7. The topological polar surface area (TPSA) is 26.3 Å². The summed E-state index contributed by atoms with van der Waals surface area (Å²) in [6.07, 6.45) is 0.898. The van der Waals surface area contributed by atoms with Crippen molar-refractivity contribution < 1.29 is 9.53 Å². The summed E-state index contributed by atoms with van der Waals surface area (Å²) in [5.41, 5.74) is 2.89. The Morgan fingerprint density at radius 3 is 2.00 bits per heavy atom. The minimum absolute atomic E-state index is 0.0164. The van der Waals surface area contributed by atoms with Crippen LogP contribution in [0, 0.1) is 0 Å². The van der Waals surface area contributed by atoms with Gasteiger partial charge in [-0.2, -0.15) is 0 Å². The van der Waals surface area contributed by atoms with Crippen molar-refractivity contribution in [1.29, 1.82) is 0 Å². The minimum atomic E-state index is -0.0521. The molecule has 0 bridgehead atoms. The third-order valence-corrected chi connectivity index (χ3v) is 3.21. The highest BCUT2D eigenvalue weighted by atomic mass is 16.5. The van der Waals surface area contributed by atoms with Crippen LogP contribution in [0.3, 0.4) is 0 Å². The van der Waals surface area contributed by atoms with Gasteiger partial charge in [-0.3, -0.25) is 4.79 Å². The quantitative estimate of drug-likeness (QED) is 0.750. The second kappa shape index (κ2) is 5.36. The Labute approximate surface area is 117 Å². The molecule has 0 aromatic heterocycles. The number of rotatable bonds is 3. The third-order valence-electron chi connectivity index (χ3n) is 3.21. The van der Waals surface area contributed by atoms with E-state index in [2.05, 4.69) is 47.6 Å². The fourth-order valence-electron chi connectivity index (χ4n) is 2.03. The summed E-state index contributed by atoms with van der Waals surface area (Å²) < 4.78 is 5.72. The molecule has 1 aromatic rings. The first-order valence-electron chi connectivity index (χ1n) is 6.88. The minimum Gasteiger partial charge on any atom is -0.493 e. The molecule has 0 aliphatic rings. The van der Waals surface area contributed by atoms with E-state index in [0.29, 0.717) is 12.2 Å². The Balaban J connectivity index is 3.59. The largest absolute Gasteiger partial charge is 0.493 e. The maximum atomic E-state index is 11.4. The summed E-state index contributed by atoms with van der Waals surface area (Å²) in [5.74, 6) is 0.734. The van der Waals surface area contributed by atoms with Crippen LogP contribution < -0.4 is 4.74 Å². The van der Waals surface area contributed by atoms with E-state index >= 15 is 0 Å². The second-order valence-corrected chi connectivity index (χ2v) is 6.99. The summed E-state index contributed by atoms with van der Waals surface area (Å²) in [6.45, 7) is 15.4. The molecular formula is C17H26O2. The lowest BCUT2D eigenvalue weighted by atomic mass is 9.79. The molecule has 19 heavy (non-hydrogen) atoms. The van der Waals surface area contributed by atoms with Gasteiger partial charge in [0, 0.05) is 5.56 Å². The lowest BCUT2D eigenvalue weighted by Gasteiger charge is -2.28. The highest BCUT2D eigenvalue weighted by molar-refractivity contribution is 5.81. The third kappa shape index (κ3) is 3.59. The Morgan fingerprint density at radius 2 is 1.63 bits per heavy atom. The van der Waals surface area contributed by atoms with Crippen LogP contribution in [-0.2, 0) is 10.8 Å². The van der Waals surface area contributed by atoms with Crippen molar-refractivity contribution in [2.24, 2.45) is 0 Å². The van der Waals surface area contributed by atoms with Crippen LogP contribution in [0.4, 0.5) is 0 Å². The highest BCUT2D eigenvalue weighted by Gasteiger charge is 2.25. The van der Waals surface area contributed by atoms with E-state index in [9.17, 15) is 4.79 Å². The van der Waals surface area contributed by atoms with Crippen LogP contribution in [-0.4, -0.2) is 12.9 Å². The lowest BCUT2D eigenvalue weighted by molar-refractivity contribution is 0.111. The molecule has 0 radical (unpaired) electrons. The number of aldehydes is 1. The van der Waals surface area contributed by atoms with Crippen molar-refractivity contribution in [2.75, 3.05) is 6.61 Å². The normalized spacial score (nSPS) is 12.4. The molecule has 0 heterocycles. The zero-order valence-electron chi connectivity index (χ0n) is 13.3. The zero-order chi connectivity index (χ0) is 14.8. The summed E-state index contributed by atoms with van der Waals surface area (Å²) >= 11 is 0. The Kier molecular flexibility index (Phi) is 4.44. The first-order valence-corrected chi connectivity index (χ1v) is 6.88. The number of hydrogen-bond donors (Lipinski definition) is 0. The average Bonchev–Trinajstić information content (AvgIpc) is 2.26. The molecule has 0 atom stereocenters. The molecule has 0 aliphatic carbocycles. The van der Waals surface area contributed by atoms with E-state index in [0.717, 1.165) is 17.6 Å². The molecule has 0 saturated heterocycles.